The van der Waals surface area contributed by atoms with Crippen LogP contribution in [0.1, 0.15) is 38.3 Å². The number of furan rings is 1. The number of carbonyl (C=O) groups is 1. The zero-order valence-electron chi connectivity index (χ0n) is 18.7. The van der Waals surface area contributed by atoms with Gasteiger partial charge in [-0.05, 0) is 43.7 Å². The first-order valence-electron chi connectivity index (χ1n) is 10.5. The summed E-state index contributed by atoms with van der Waals surface area (Å²) in [6, 6.07) is 9.99. The standard InChI is InChI=1S/C22H22FN3O3S.C2H6/c1-22(7-8-30-21(24)26-22)17-10-14(3-6-18(17)23)25-20(27)9-13-12-29-19-11-15(28-2)4-5-16(13)19;1-2/h3-6,10-12H,7-9H2,1-2H3,(H2,24,26)(H,25,27);1-2H3. The Kier molecular flexibility index (Phi) is 7.45. The number of rotatable bonds is 5. The van der Waals surface area contributed by atoms with Crippen LogP contribution in [0.25, 0.3) is 11.0 Å². The Bertz CT molecular complexity index is 1140. The molecule has 3 aromatic rings. The van der Waals surface area contributed by atoms with Gasteiger partial charge in [0.1, 0.15) is 17.1 Å². The summed E-state index contributed by atoms with van der Waals surface area (Å²) < 4.78 is 25.3. The highest BCUT2D eigenvalue weighted by Crippen LogP contribution is 2.37. The average Bonchev–Trinajstić information content (AvgIpc) is 3.18. The second kappa shape index (κ2) is 10.1. The number of benzene rings is 2. The number of ether oxygens (including phenoxy) is 1. The van der Waals surface area contributed by atoms with Gasteiger partial charge in [-0.15, -0.1) is 0 Å². The summed E-state index contributed by atoms with van der Waals surface area (Å²) in [5.41, 5.74) is 7.46. The highest BCUT2D eigenvalue weighted by molar-refractivity contribution is 8.13. The molecular formula is C24H28FN3O3S. The molecule has 0 saturated carbocycles. The quantitative estimate of drug-likeness (QED) is 0.531. The molecule has 1 unspecified atom stereocenters. The molecule has 1 aliphatic rings. The molecule has 2 heterocycles. The normalized spacial score (nSPS) is 17.8. The smallest absolute Gasteiger partial charge is 0.228 e. The maximum absolute atomic E-state index is 14.6. The SMILES string of the molecule is CC.COc1ccc2c(CC(=O)Nc3ccc(F)c(C4(C)CCSC(N)=N4)c3)coc2c1. The van der Waals surface area contributed by atoms with Crippen molar-refractivity contribution in [2.45, 2.75) is 39.2 Å². The Morgan fingerprint density at radius 1 is 1.31 bits per heavy atom. The van der Waals surface area contributed by atoms with Crippen molar-refractivity contribution in [2.75, 3.05) is 18.2 Å². The molecule has 0 fully saturated rings. The first-order valence-corrected chi connectivity index (χ1v) is 11.5. The number of amidine groups is 1. The fourth-order valence-electron chi connectivity index (χ4n) is 3.60. The van der Waals surface area contributed by atoms with Gasteiger partial charge in [-0.25, -0.2) is 4.39 Å². The van der Waals surface area contributed by atoms with Gasteiger partial charge in [0.25, 0.3) is 0 Å². The van der Waals surface area contributed by atoms with E-state index >= 15 is 0 Å². The van der Waals surface area contributed by atoms with Crippen LogP contribution >= 0.6 is 11.8 Å². The van der Waals surface area contributed by atoms with Gasteiger partial charge in [-0.2, -0.15) is 0 Å². The van der Waals surface area contributed by atoms with Crippen molar-refractivity contribution in [1.29, 1.82) is 0 Å². The van der Waals surface area contributed by atoms with Crippen LogP contribution in [-0.2, 0) is 16.8 Å². The molecule has 0 bridgehead atoms. The van der Waals surface area contributed by atoms with Crippen molar-refractivity contribution < 1.29 is 18.3 Å². The number of aliphatic imine (C=N–C) groups is 1. The van der Waals surface area contributed by atoms with Crippen molar-refractivity contribution in [3.05, 3.63) is 59.6 Å². The van der Waals surface area contributed by atoms with Gasteiger partial charge in [0, 0.05) is 34.0 Å². The van der Waals surface area contributed by atoms with E-state index < -0.39 is 5.54 Å². The number of nitrogens with two attached hydrogens (primary N) is 1. The van der Waals surface area contributed by atoms with Crippen molar-refractivity contribution >= 4 is 39.5 Å². The molecule has 32 heavy (non-hydrogen) atoms. The summed E-state index contributed by atoms with van der Waals surface area (Å²) >= 11 is 1.46. The van der Waals surface area contributed by atoms with E-state index in [9.17, 15) is 9.18 Å². The largest absolute Gasteiger partial charge is 0.497 e. The first kappa shape index (κ1) is 23.7. The average molecular weight is 458 g/mol. The van der Waals surface area contributed by atoms with Crippen LogP contribution in [0.4, 0.5) is 10.1 Å². The lowest BCUT2D eigenvalue weighted by molar-refractivity contribution is -0.115. The van der Waals surface area contributed by atoms with Crippen molar-refractivity contribution in [2.24, 2.45) is 10.7 Å². The number of methoxy groups -OCH3 is 1. The minimum atomic E-state index is -0.750. The van der Waals surface area contributed by atoms with Crippen LogP contribution in [0.2, 0.25) is 0 Å². The van der Waals surface area contributed by atoms with E-state index in [0.29, 0.717) is 34.2 Å². The van der Waals surface area contributed by atoms with Crippen molar-refractivity contribution in [1.82, 2.24) is 0 Å². The molecule has 8 heteroatoms. The van der Waals surface area contributed by atoms with Crippen LogP contribution in [0.15, 0.2) is 52.1 Å². The van der Waals surface area contributed by atoms with E-state index in [4.69, 9.17) is 14.9 Å². The Morgan fingerprint density at radius 3 is 2.81 bits per heavy atom. The number of thioether (sulfide) groups is 1. The second-order valence-corrected chi connectivity index (χ2v) is 8.48. The zero-order valence-corrected chi connectivity index (χ0v) is 19.5. The molecule has 170 valence electrons. The molecule has 1 atom stereocenters. The molecule has 3 N–H and O–H groups in total. The van der Waals surface area contributed by atoms with Gasteiger partial charge >= 0.3 is 0 Å². The number of fused-ring (bicyclic) bond motifs is 1. The molecule has 0 spiro atoms. The lowest BCUT2D eigenvalue weighted by Crippen LogP contribution is -2.30. The predicted molar refractivity (Wildman–Crippen MR) is 129 cm³/mol. The highest BCUT2D eigenvalue weighted by Gasteiger charge is 2.32. The third kappa shape index (κ3) is 5.07. The summed E-state index contributed by atoms with van der Waals surface area (Å²) in [5.74, 6) is 0.858. The third-order valence-corrected chi connectivity index (χ3v) is 6.04. The van der Waals surface area contributed by atoms with E-state index in [2.05, 4.69) is 10.3 Å². The molecule has 2 aromatic carbocycles. The summed E-state index contributed by atoms with van der Waals surface area (Å²) in [6.45, 7) is 5.86. The lowest BCUT2D eigenvalue weighted by atomic mass is 9.89. The second-order valence-electron chi connectivity index (χ2n) is 7.36. The van der Waals surface area contributed by atoms with E-state index in [0.717, 1.165) is 16.7 Å². The molecular weight excluding hydrogens is 429 g/mol. The number of hydrogen-bond donors (Lipinski definition) is 2. The van der Waals surface area contributed by atoms with Crippen LogP contribution < -0.4 is 15.8 Å². The highest BCUT2D eigenvalue weighted by atomic mass is 32.2. The number of nitrogens with zero attached hydrogens (tertiary/aromatic N) is 1. The number of nitrogens with one attached hydrogen (secondary N) is 1. The summed E-state index contributed by atoms with van der Waals surface area (Å²) in [4.78, 5) is 17.1. The molecule has 6 nitrogen and oxygen atoms in total. The Morgan fingerprint density at radius 2 is 2.09 bits per heavy atom. The Balaban J connectivity index is 0.00000141. The fourth-order valence-corrected chi connectivity index (χ4v) is 4.58. The summed E-state index contributed by atoms with van der Waals surface area (Å²) in [7, 11) is 1.58. The minimum Gasteiger partial charge on any atom is -0.497 e. The number of carbonyl (C=O) groups excluding carboxylic acids is 1. The summed E-state index contributed by atoms with van der Waals surface area (Å²) in [6.07, 6.45) is 2.36. The number of anilines is 1. The van der Waals surface area contributed by atoms with Crippen LogP contribution in [0.5, 0.6) is 5.75 Å². The Hall–Kier alpha value is -3.00. The van der Waals surface area contributed by atoms with E-state index in [-0.39, 0.29) is 18.1 Å². The van der Waals surface area contributed by atoms with Crippen LogP contribution in [-0.4, -0.2) is 23.9 Å². The maximum Gasteiger partial charge on any atom is 0.228 e. The number of halogens is 1. The molecule has 1 amide bonds. The van der Waals surface area contributed by atoms with Crippen LogP contribution in [0, 0.1) is 5.82 Å². The fraction of sp³-hybridized carbons (Fsp3) is 0.333. The summed E-state index contributed by atoms with van der Waals surface area (Å²) in [5, 5.41) is 4.14. The minimum absolute atomic E-state index is 0.130. The van der Waals surface area contributed by atoms with Gasteiger partial charge in [-0.3, -0.25) is 9.79 Å². The number of hydrogen-bond acceptors (Lipinski definition) is 6. The topological polar surface area (TPSA) is 89.8 Å². The van der Waals surface area contributed by atoms with Gasteiger partial charge in [-0.1, -0.05) is 25.6 Å². The molecule has 0 saturated heterocycles. The van der Waals surface area contributed by atoms with Crippen molar-refractivity contribution in [3.8, 4) is 5.75 Å². The predicted octanol–water partition coefficient (Wildman–Crippen LogP) is 5.45. The van der Waals surface area contributed by atoms with Crippen molar-refractivity contribution in [3.63, 3.8) is 0 Å². The molecule has 1 aliphatic heterocycles. The maximum atomic E-state index is 14.6. The molecule has 4 rings (SSSR count). The van der Waals surface area contributed by atoms with Gasteiger partial charge in [0.15, 0.2) is 5.17 Å². The molecule has 1 aromatic heterocycles. The Labute approximate surface area is 191 Å². The van der Waals surface area contributed by atoms with Gasteiger partial charge in [0.2, 0.25) is 5.91 Å². The van der Waals surface area contributed by atoms with E-state index in [1.165, 1.54) is 17.8 Å². The zero-order chi connectivity index (χ0) is 23.3. The monoisotopic (exact) mass is 457 g/mol. The van der Waals surface area contributed by atoms with Gasteiger partial charge < -0.3 is 20.2 Å². The van der Waals surface area contributed by atoms with Gasteiger partial charge in [0.05, 0.1) is 25.3 Å². The van der Waals surface area contributed by atoms with E-state index in [1.54, 1.807) is 31.6 Å². The third-order valence-electron chi connectivity index (χ3n) is 5.24. The molecule has 0 aliphatic carbocycles. The van der Waals surface area contributed by atoms with E-state index in [1.807, 2.05) is 32.9 Å². The van der Waals surface area contributed by atoms with Crippen LogP contribution in [0.3, 0.4) is 0 Å². The lowest BCUT2D eigenvalue weighted by Gasteiger charge is -2.30. The number of amides is 1. The first-order chi connectivity index (χ1) is 15.4. The molecule has 0 radical (unpaired) electrons.